The van der Waals surface area contributed by atoms with Gasteiger partial charge in [-0.1, -0.05) is 24.3 Å². The number of nitrogens with one attached hydrogen (secondary N) is 1. The molecule has 2 saturated heterocycles. The fourth-order valence-electron chi connectivity index (χ4n) is 2.91. The van der Waals surface area contributed by atoms with Crippen molar-refractivity contribution in [2.45, 2.75) is 38.4 Å². The van der Waals surface area contributed by atoms with Gasteiger partial charge in [-0.15, -0.1) is 0 Å². The molecule has 0 saturated carbocycles. The molecule has 0 aliphatic carbocycles. The molecule has 0 aromatic heterocycles. The summed E-state index contributed by atoms with van der Waals surface area (Å²) in [7, 11) is 0. The van der Waals surface area contributed by atoms with Crippen LogP contribution in [0.3, 0.4) is 0 Å². The molecule has 1 aromatic carbocycles. The third-order valence-corrected chi connectivity index (χ3v) is 4.16. The Bertz CT molecular complexity index is 469. The third-order valence-electron chi connectivity index (χ3n) is 4.16. The molecule has 0 bridgehead atoms. The lowest BCUT2D eigenvalue weighted by Crippen LogP contribution is -2.30. The molecule has 1 amide bonds. The summed E-state index contributed by atoms with van der Waals surface area (Å²) < 4.78 is 5.38. The fourth-order valence-corrected chi connectivity index (χ4v) is 2.91. The van der Waals surface area contributed by atoms with E-state index in [0.717, 1.165) is 45.7 Å². The third kappa shape index (κ3) is 3.19. The predicted octanol–water partition coefficient (Wildman–Crippen LogP) is 1.69. The lowest BCUT2D eigenvalue weighted by Gasteiger charge is -2.19. The molecule has 4 heteroatoms. The molecule has 2 aliphatic heterocycles. The minimum atomic E-state index is 0.289. The van der Waals surface area contributed by atoms with Crippen LogP contribution in [0.5, 0.6) is 0 Å². The van der Waals surface area contributed by atoms with Crippen molar-refractivity contribution in [2.75, 3.05) is 19.8 Å². The number of nitrogens with zero attached hydrogens (tertiary/aromatic N) is 1. The number of hydrogen-bond acceptors (Lipinski definition) is 3. The first-order valence-electron chi connectivity index (χ1n) is 7.48. The zero-order chi connectivity index (χ0) is 13.8. The summed E-state index contributed by atoms with van der Waals surface area (Å²) in [6.45, 7) is 4.18. The van der Waals surface area contributed by atoms with E-state index in [1.807, 2.05) is 4.90 Å². The smallest absolute Gasteiger partial charge is 0.222 e. The minimum absolute atomic E-state index is 0.289. The Morgan fingerprint density at radius 2 is 2.15 bits per heavy atom. The van der Waals surface area contributed by atoms with Crippen LogP contribution in [0.4, 0.5) is 0 Å². The van der Waals surface area contributed by atoms with Gasteiger partial charge < -0.3 is 15.0 Å². The van der Waals surface area contributed by atoms with E-state index in [1.54, 1.807) is 0 Å². The molecule has 3 rings (SSSR count). The number of likely N-dealkylation sites (tertiary alicyclic amines) is 1. The molecular formula is C16H22N2O2. The van der Waals surface area contributed by atoms with Crippen molar-refractivity contribution >= 4 is 5.91 Å². The van der Waals surface area contributed by atoms with Crippen LogP contribution in [0.25, 0.3) is 0 Å². The molecule has 108 valence electrons. The van der Waals surface area contributed by atoms with E-state index in [4.69, 9.17) is 4.74 Å². The highest BCUT2D eigenvalue weighted by Crippen LogP contribution is 2.17. The zero-order valence-electron chi connectivity index (χ0n) is 11.8. The summed E-state index contributed by atoms with van der Waals surface area (Å²) in [6, 6.07) is 8.87. The molecule has 1 N–H and O–H groups in total. The maximum atomic E-state index is 11.8. The van der Waals surface area contributed by atoms with E-state index < -0.39 is 0 Å². The molecule has 0 unspecified atom stereocenters. The van der Waals surface area contributed by atoms with Gasteiger partial charge in [-0.2, -0.15) is 0 Å². The van der Waals surface area contributed by atoms with Crippen LogP contribution in [0.1, 0.15) is 30.4 Å². The first-order chi connectivity index (χ1) is 9.83. The molecule has 0 radical (unpaired) electrons. The topological polar surface area (TPSA) is 41.6 Å². The van der Waals surface area contributed by atoms with Crippen molar-refractivity contribution < 1.29 is 9.53 Å². The van der Waals surface area contributed by atoms with Gasteiger partial charge in [0.05, 0.1) is 6.61 Å². The lowest BCUT2D eigenvalue weighted by molar-refractivity contribution is -0.128. The highest BCUT2D eigenvalue weighted by molar-refractivity contribution is 5.78. The molecule has 1 aromatic rings. The Morgan fingerprint density at radius 3 is 2.85 bits per heavy atom. The second-order valence-corrected chi connectivity index (χ2v) is 5.63. The number of hydrogen-bond donors (Lipinski definition) is 1. The Kier molecular flexibility index (Phi) is 4.33. The highest BCUT2D eigenvalue weighted by atomic mass is 16.5. The standard InChI is InChI=1S/C16H22N2O2/c19-16-6-3-8-18(16)11-14-5-2-1-4-13(14)10-17-15-7-9-20-12-15/h1-2,4-5,15,17H,3,6-12H2/t15-/m0/s1. The van der Waals surface area contributed by atoms with Gasteiger partial charge in [-0.3, -0.25) is 4.79 Å². The molecule has 1 atom stereocenters. The highest BCUT2D eigenvalue weighted by Gasteiger charge is 2.21. The van der Waals surface area contributed by atoms with Crippen molar-refractivity contribution in [1.29, 1.82) is 0 Å². The molecule has 20 heavy (non-hydrogen) atoms. The second kappa shape index (κ2) is 6.37. The Labute approximate surface area is 120 Å². The molecule has 4 nitrogen and oxygen atoms in total. The van der Waals surface area contributed by atoms with E-state index >= 15 is 0 Å². The van der Waals surface area contributed by atoms with Crippen LogP contribution in [-0.4, -0.2) is 36.6 Å². The SMILES string of the molecule is O=C1CCCN1Cc1ccccc1CN[C@H]1CCOC1. The number of carbonyl (C=O) groups is 1. The maximum absolute atomic E-state index is 11.8. The van der Waals surface area contributed by atoms with E-state index in [0.29, 0.717) is 12.5 Å². The van der Waals surface area contributed by atoms with Crippen LogP contribution in [0, 0.1) is 0 Å². The van der Waals surface area contributed by atoms with E-state index in [-0.39, 0.29) is 5.91 Å². The first-order valence-corrected chi connectivity index (χ1v) is 7.48. The van der Waals surface area contributed by atoms with Crippen LogP contribution >= 0.6 is 0 Å². The van der Waals surface area contributed by atoms with Gasteiger partial charge in [0.15, 0.2) is 0 Å². The average molecular weight is 274 g/mol. The summed E-state index contributed by atoms with van der Waals surface area (Å²) >= 11 is 0. The van der Waals surface area contributed by atoms with E-state index in [9.17, 15) is 4.79 Å². The van der Waals surface area contributed by atoms with Gasteiger partial charge >= 0.3 is 0 Å². The van der Waals surface area contributed by atoms with Gasteiger partial charge in [0.25, 0.3) is 0 Å². The predicted molar refractivity (Wildman–Crippen MR) is 77.2 cm³/mol. The maximum Gasteiger partial charge on any atom is 0.222 e. The van der Waals surface area contributed by atoms with Crippen LogP contribution in [0.2, 0.25) is 0 Å². The van der Waals surface area contributed by atoms with Gasteiger partial charge in [-0.05, 0) is 24.0 Å². The van der Waals surface area contributed by atoms with Crippen LogP contribution < -0.4 is 5.32 Å². The van der Waals surface area contributed by atoms with Crippen LogP contribution in [-0.2, 0) is 22.6 Å². The second-order valence-electron chi connectivity index (χ2n) is 5.63. The number of benzene rings is 1. The summed E-state index contributed by atoms with van der Waals surface area (Å²) in [4.78, 5) is 13.7. The van der Waals surface area contributed by atoms with Gasteiger partial charge in [0, 0.05) is 38.7 Å². The number of carbonyl (C=O) groups excluding carboxylic acids is 1. The normalized spacial score (nSPS) is 22.7. The molecular weight excluding hydrogens is 252 g/mol. The fraction of sp³-hybridized carbons (Fsp3) is 0.562. The summed E-state index contributed by atoms with van der Waals surface area (Å²) in [5.41, 5.74) is 2.55. The Hall–Kier alpha value is -1.39. The summed E-state index contributed by atoms with van der Waals surface area (Å²) in [5, 5.41) is 3.55. The van der Waals surface area contributed by atoms with Crippen molar-refractivity contribution in [1.82, 2.24) is 10.2 Å². The minimum Gasteiger partial charge on any atom is -0.380 e. The summed E-state index contributed by atoms with van der Waals surface area (Å²) in [5.74, 6) is 0.289. The average Bonchev–Trinajstić information content (AvgIpc) is 3.11. The molecule has 2 heterocycles. The van der Waals surface area contributed by atoms with Gasteiger partial charge in [-0.25, -0.2) is 0 Å². The van der Waals surface area contributed by atoms with Gasteiger partial charge in [0.1, 0.15) is 0 Å². The van der Waals surface area contributed by atoms with E-state index in [2.05, 4.69) is 29.6 Å². The number of amides is 1. The van der Waals surface area contributed by atoms with E-state index in [1.165, 1.54) is 11.1 Å². The number of rotatable bonds is 5. The monoisotopic (exact) mass is 274 g/mol. The Morgan fingerprint density at radius 1 is 1.30 bits per heavy atom. The van der Waals surface area contributed by atoms with Crippen molar-refractivity contribution in [3.63, 3.8) is 0 Å². The Balaban J connectivity index is 1.62. The van der Waals surface area contributed by atoms with Crippen molar-refractivity contribution in [2.24, 2.45) is 0 Å². The van der Waals surface area contributed by atoms with Crippen molar-refractivity contribution in [3.05, 3.63) is 35.4 Å². The van der Waals surface area contributed by atoms with Crippen LogP contribution in [0.15, 0.2) is 24.3 Å². The summed E-state index contributed by atoms with van der Waals surface area (Å²) in [6.07, 6.45) is 2.80. The quantitative estimate of drug-likeness (QED) is 0.888. The molecule has 2 aliphatic rings. The molecule has 0 spiro atoms. The number of ether oxygens (including phenoxy) is 1. The largest absolute Gasteiger partial charge is 0.380 e. The van der Waals surface area contributed by atoms with Crippen molar-refractivity contribution in [3.8, 4) is 0 Å². The zero-order valence-corrected chi connectivity index (χ0v) is 11.8. The molecule has 2 fully saturated rings. The first kappa shape index (κ1) is 13.6. The van der Waals surface area contributed by atoms with Gasteiger partial charge in [0.2, 0.25) is 5.91 Å². The lowest BCUT2D eigenvalue weighted by atomic mass is 10.1.